The van der Waals surface area contributed by atoms with Crippen LogP contribution >= 0.6 is 0 Å². The van der Waals surface area contributed by atoms with Gasteiger partial charge >= 0.3 is 5.97 Å². The number of hydrogen-bond acceptors (Lipinski definition) is 3. The van der Waals surface area contributed by atoms with Crippen LogP contribution in [0.2, 0.25) is 0 Å². The predicted molar refractivity (Wildman–Crippen MR) is 64.0 cm³/mol. The first-order valence-electron chi connectivity index (χ1n) is 5.25. The van der Waals surface area contributed by atoms with Gasteiger partial charge in [-0.15, -0.1) is 0 Å². The molecule has 0 atom stereocenters. The van der Waals surface area contributed by atoms with Crippen LogP contribution in [0.15, 0.2) is 29.2 Å². The highest BCUT2D eigenvalue weighted by Gasteiger charge is 2.25. The van der Waals surface area contributed by atoms with E-state index in [2.05, 4.69) is 4.74 Å². The second-order valence-electron chi connectivity index (χ2n) is 3.53. The zero-order valence-electron chi connectivity index (χ0n) is 9.27. The number of hydrogen-bond donors (Lipinski definition) is 0. The van der Waals surface area contributed by atoms with Gasteiger partial charge in [-0.2, -0.15) is 0 Å². The molecule has 1 aliphatic rings. The molecule has 1 heterocycles. The fourth-order valence-corrected chi connectivity index (χ4v) is 3.49. The predicted octanol–water partition coefficient (Wildman–Crippen LogP) is 1.48. The molecular weight excluding hydrogens is 224 g/mol. The van der Waals surface area contributed by atoms with Gasteiger partial charge in [-0.3, -0.25) is 0 Å². The van der Waals surface area contributed by atoms with E-state index >= 15 is 0 Å². The minimum Gasteiger partial charge on any atom is -0.465 e. The second kappa shape index (κ2) is 5.37. The Labute approximate surface area is 98.1 Å². The monoisotopic (exact) mass is 239 g/mol. The van der Waals surface area contributed by atoms with E-state index in [0.717, 1.165) is 24.7 Å². The molecule has 2 rings (SSSR count). The molecule has 0 N–H and O–H groups in total. The topological polar surface area (TPSA) is 35.5 Å². The van der Waals surface area contributed by atoms with Crippen molar-refractivity contribution < 1.29 is 14.3 Å². The third-order valence-electron chi connectivity index (χ3n) is 2.56. The quantitative estimate of drug-likeness (QED) is 0.579. The van der Waals surface area contributed by atoms with Crippen LogP contribution in [0.1, 0.15) is 10.4 Å². The van der Waals surface area contributed by atoms with E-state index in [-0.39, 0.29) is 5.97 Å². The molecule has 16 heavy (non-hydrogen) atoms. The van der Waals surface area contributed by atoms with Gasteiger partial charge in [-0.05, 0) is 24.3 Å². The van der Waals surface area contributed by atoms with Gasteiger partial charge in [0.2, 0.25) is 0 Å². The molecule has 0 aliphatic carbocycles. The summed E-state index contributed by atoms with van der Waals surface area (Å²) in [6.45, 7) is 1.70. The van der Waals surface area contributed by atoms with Crippen LogP contribution in [0.4, 0.5) is 0 Å². The molecule has 0 saturated carbocycles. The Morgan fingerprint density at radius 2 is 1.88 bits per heavy atom. The highest BCUT2D eigenvalue weighted by Crippen LogP contribution is 2.18. The molecule has 0 amide bonds. The van der Waals surface area contributed by atoms with Crippen molar-refractivity contribution in [2.75, 3.05) is 31.8 Å². The molecule has 1 aliphatic heterocycles. The van der Waals surface area contributed by atoms with E-state index in [1.165, 1.54) is 12.0 Å². The van der Waals surface area contributed by atoms with Crippen LogP contribution in [-0.4, -0.2) is 37.8 Å². The van der Waals surface area contributed by atoms with E-state index in [1.807, 2.05) is 24.3 Å². The van der Waals surface area contributed by atoms with Crippen molar-refractivity contribution >= 4 is 16.9 Å². The Morgan fingerprint density at radius 1 is 1.25 bits per heavy atom. The molecule has 0 spiro atoms. The number of esters is 1. The maximum absolute atomic E-state index is 11.3. The Morgan fingerprint density at radius 3 is 2.44 bits per heavy atom. The van der Waals surface area contributed by atoms with Gasteiger partial charge in [-0.1, -0.05) is 0 Å². The summed E-state index contributed by atoms with van der Waals surface area (Å²) in [4.78, 5) is 12.6. The summed E-state index contributed by atoms with van der Waals surface area (Å²) in [5.74, 6) is 1.91. The molecule has 1 aromatic rings. The Bertz CT molecular complexity index is 355. The minimum absolute atomic E-state index is 0.276. The van der Waals surface area contributed by atoms with Crippen molar-refractivity contribution in [3.8, 4) is 0 Å². The maximum atomic E-state index is 11.3. The molecule has 0 bridgehead atoms. The number of ether oxygens (including phenoxy) is 2. The van der Waals surface area contributed by atoms with E-state index in [9.17, 15) is 4.79 Å². The smallest absolute Gasteiger partial charge is 0.337 e. The molecule has 1 fully saturated rings. The van der Waals surface area contributed by atoms with Crippen LogP contribution in [0.3, 0.4) is 0 Å². The molecule has 4 heteroatoms. The van der Waals surface area contributed by atoms with Gasteiger partial charge in [0.05, 0.1) is 25.9 Å². The first kappa shape index (κ1) is 11.5. The van der Waals surface area contributed by atoms with E-state index in [0.29, 0.717) is 16.5 Å². The zero-order chi connectivity index (χ0) is 11.4. The normalized spacial score (nSPS) is 17.1. The highest BCUT2D eigenvalue weighted by atomic mass is 32.2. The first-order chi connectivity index (χ1) is 7.81. The van der Waals surface area contributed by atoms with Crippen LogP contribution in [-0.2, 0) is 20.4 Å². The summed E-state index contributed by atoms with van der Waals surface area (Å²) in [6.07, 6.45) is 0. The molecule has 1 aromatic carbocycles. The van der Waals surface area contributed by atoms with Gasteiger partial charge in [0.1, 0.15) is 11.5 Å². The van der Waals surface area contributed by atoms with Crippen molar-refractivity contribution in [1.82, 2.24) is 0 Å². The maximum Gasteiger partial charge on any atom is 0.337 e. The van der Waals surface area contributed by atoms with Gasteiger partial charge in [0, 0.05) is 10.9 Å². The van der Waals surface area contributed by atoms with E-state index < -0.39 is 0 Å². The zero-order valence-corrected chi connectivity index (χ0v) is 10.1. The summed E-state index contributed by atoms with van der Waals surface area (Å²) in [5, 5.41) is 0. The summed E-state index contributed by atoms with van der Waals surface area (Å²) in [6, 6.07) is 7.73. The van der Waals surface area contributed by atoms with Crippen molar-refractivity contribution in [3.63, 3.8) is 0 Å². The Kier molecular flexibility index (Phi) is 3.85. The SMILES string of the molecule is COC(=O)c1ccc([S+]2CCOCC2)cc1. The lowest BCUT2D eigenvalue weighted by molar-refractivity contribution is 0.0600. The first-order valence-corrected chi connectivity index (χ1v) is 6.81. The van der Waals surface area contributed by atoms with Crippen molar-refractivity contribution in [1.29, 1.82) is 0 Å². The van der Waals surface area contributed by atoms with Crippen molar-refractivity contribution in [2.24, 2.45) is 0 Å². The molecule has 0 unspecified atom stereocenters. The lowest BCUT2D eigenvalue weighted by Crippen LogP contribution is -2.26. The number of benzene rings is 1. The fourth-order valence-electron chi connectivity index (χ4n) is 1.66. The Hall–Kier alpha value is -1.00. The van der Waals surface area contributed by atoms with Crippen LogP contribution in [0.5, 0.6) is 0 Å². The van der Waals surface area contributed by atoms with Gasteiger partial charge in [0.25, 0.3) is 0 Å². The number of rotatable bonds is 2. The summed E-state index contributed by atoms with van der Waals surface area (Å²) >= 11 is 0. The molecule has 86 valence electrons. The van der Waals surface area contributed by atoms with Gasteiger partial charge in [0.15, 0.2) is 4.90 Å². The molecule has 0 aromatic heterocycles. The standard InChI is InChI=1S/C12H15O3S/c1-14-12(13)10-2-4-11(5-3-10)16-8-6-15-7-9-16/h2-5H,6-9H2,1H3/q+1. The number of carbonyl (C=O) groups excluding carboxylic acids is 1. The molecule has 3 nitrogen and oxygen atoms in total. The highest BCUT2D eigenvalue weighted by molar-refractivity contribution is 7.97. The number of methoxy groups -OCH3 is 1. The average Bonchev–Trinajstić information content (AvgIpc) is 2.39. The average molecular weight is 239 g/mol. The molecule has 0 radical (unpaired) electrons. The van der Waals surface area contributed by atoms with E-state index in [4.69, 9.17) is 4.74 Å². The van der Waals surface area contributed by atoms with E-state index in [1.54, 1.807) is 0 Å². The summed E-state index contributed by atoms with van der Waals surface area (Å²) in [7, 11) is 1.69. The van der Waals surface area contributed by atoms with Gasteiger partial charge in [-0.25, -0.2) is 4.79 Å². The Balaban J connectivity index is 2.09. The molecule has 1 saturated heterocycles. The van der Waals surface area contributed by atoms with Crippen LogP contribution in [0.25, 0.3) is 0 Å². The van der Waals surface area contributed by atoms with Crippen molar-refractivity contribution in [3.05, 3.63) is 29.8 Å². The van der Waals surface area contributed by atoms with Crippen LogP contribution in [0, 0.1) is 0 Å². The third kappa shape index (κ3) is 2.57. The van der Waals surface area contributed by atoms with Crippen LogP contribution < -0.4 is 0 Å². The lowest BCUT2D eigenvalue weighted by atomic mass is 10.2. The lowest BCUT2D eigenvalue weighted by Gasteiger charge is -2.13. The third-order valence-corrected chi connectivity index (χ3v) is 4.81. The largest absolute Gasteiger partial charge is 0.465 e. The van der Waals surface area contributed by atoms with Gasteiger partial charge < -0.3 is 9.47 Å². The van der Waals surface area contributed by atoms with Crippen molar-refractivity contribution in [2.45, 2.75) is 4.90 Å². The summed E-state index contributed by atoms with van der Waals surface area (Å²) in [5.41, 5.74) is 0.614. The second-order valence-corrected chi connectivity index (χ2v) is 5.80. The minimum atomic E-state index is -0.276. The fraction of sp³-hybridized carbons (Fsp3) is 0.417. The molecular formula is C12H15O3S+. The number of carbonyl (C=O) groups is 1. The summed E-state index contributed by atoms with van der Waals surface area (Å²) < 4.78 is 10.00.